The second kappa shape index (κ2) is 5.78. The van der Waals surface area contributed by atoms with Crippen molar-refractivity contribution >= 4 is 5.97 Å². The molecule has 0 N–H and O–H groups in total. The molecule has 0 amide bonds. The number of rotatable bonds is 4. The van der Waals surface area contributed by atoms with Gasteiger partial charge >= 0.3 is 5.97 Å². The van der Waals surface area contributed by atoms with E-state index in [4.69, 9.17) is 14.2 Å². The molecule has 2 fully saturated rings. The lowest BCUT2D eigenvalue weighted by Gasteiger charge is -2.39. The second-order valence-electron chi connectivity index (χ2n) is 5.77. The number of ether oxygens (including phenoxy) is 3. The van der Waals surface area contributed by atoms with Crippen LogP contribution in [0.2, 0.25) is 0 Å². The molecular formula is C17H22O4. The van der Waals surface area contributed by atoms with E-state index in [-0.39, 0.29) is 5.97 Å². The first kappa shape index (κ1) is 14.5. The van der Waals surface area contributed by atoms with E-state index in [1.54, 1.807) is 0 Å². The summed E-state index contributed by atoms with van der Waals surface area (Å²) in [4.78, 5) is 12.8. The molecule has 1 atom stereocenters. The highest BCUT2D eigenvalue weighted by atomic mass is 16.7. The lowest BCUT2D eigenvalue weighted by atomic mass is 9.75. The first-order valence-corrected chi connectivity index (χ1v) is 7.71. The molecule has 114 valence electrons. The molecule has 21 heavy (non-hydrogen) atoms. The highest BCUT2D eigenvalue weighted by molar-refractivity contribution is 5.79. The van der Waals surface area contributed by atoms with Crippen LogP contribution in [0.5, 0.6) is 0 Å². The van der Waals surface area contributed by atoms with E-state index in [9.17, 15) is 4.79 Å². The number of carbonyl (C=O) groups excluding carboxylic acids is 1. The summed E-state index contributed by atoms with van der Waals surface area (Å²) >= 11 is 0. The minimum atomic E-state index is -0.797. The first-order valence-electron chi connectivity index (χ1n) is 7.71. The fraction of sp³-hybridized carbons (Fsp3) is 0.588. The van der Waals surface area contributed by atoms with Gasteiger partial charge in [-0.1, -0.05) is 30.3 Å². The van der Waals surface area contributed by atoms with Crippen molar-refractivity contribution in [3.8, 4) is 0 Å². The summed E-state index contributed by atoms with van der Waals surface area (Å²) in [6, 6.07) is 10.1. The number of carbonyl (C=O) groups is 1. The van der Waals surface area contributed by atoms with Crippen LogP contribution in [0.15, 0.2) is 30.3 Å². The summed E-state index contributed by atoms with van der Waals surface area (Å²) in [6.45, 7) is 3.32. The highest BCUT2D eigenvalue weighted by Gasteiger charge is 2.64. The van der Waals surface area contributed by atoms with Crippen LogP contribution in [-0.4, -0.2) is 31.6 Å². The number of benzene rings is 1. The van der Waals surface area contributed by atoms with Crippen LogP contribution in [0.1, 0.15) is 31.7 Å². The predicted molar refractivity (Wildman–Crippen MR) is 77.7 cm³/mol. The van der Waals surface area contributed by atoms with Crippen molar-refractivity contribution in [3.63, 3.8) is 0 Å². The summed E-state index contributed by atoms with van der Waals surface area (Å²) in [5.41, 5.74) is 0.395. The Kier molecular flexibility index (Phi) is 4.00. The molecule has 1 saturated carbocycles. The fourth-order valence-corrected chi connectivity index (χ4v) is 3.69. The summed E-state index contributed by atoms with van der Waals surface area (Å²) in [7, 11) is 0. The van der Waals surface area contributed by atoms with Gasteiger partial charge in [0, 0.05) is 6.42 Å². The van der Waals surface area contributed by atoms with Crippen molar-refractivity contribution in [1.29, 1.82) is 0 Å². The SMILES string of the molecule is CCOC(=O)[C@]1(Cc2ccccc2)CCCC12OCCO2. The van der Waals surface area contributed by atoms with Gasteiger partial charge in [0.1, 0.15) is 5.41 Å². The van der Waals surface area contributed by atoms with Crippen LogP contribution >= 0.6 is 0 Å². The second-order valence-corrected chi connectivity index (χ2v) is 5.77. The molecule has 1 aliphatic heterocycles. The molecule has 0 bridgehead atoms. The summed E-state index contributed by atoms with van der Waals surface area (Å²) in [5, 5.41) is 0. The minimum absolute atomic E-state index is 0.187. The maximum Gasteiger partial charge on any atom is 0.317 e. The zero-order chi connectivity index (χ0) is 14.8. The molecule has 1 heterocycles. The molecule has 0 aromatic heterocycles. The van der Waals surface area contributed by atoms with Crippen LogP contribution < -0.4 is 0 Å². The molecule has 2 aliphatic rings. The molecule has 4 nitrogen and oxygen atoms in total. The number of hydrogen-bond donors (Lipinski definition) is 0. The van der Waals surface area contributed by atoms with Gasteiger partial charge in [-0.3, -0.25) is 4.79 Å². The van der Waals surface area contributed by atoms with Gasteiger partial charge < -0.3 is 14.2 Å². The summed E-state index contributed by atoms with van der Waals surface area (Å²) in [5.74, 6) is -0.983. The monoisotopic (exact) mass is 290 g/mol. The number of esters is 1. The number of hydrogen-bond acceptors (Lipinski definition) is 4. The Hall–Kier alpha value is -1.39. The quantitative estimate of drug-likeness (QED) is 0.800. The average molecular weight is 290 g/mol. The van der Waals surface area contributed by atoms with Crippen molar-refractivity contribution in [2.24, 2.45) is 5.41 Å². The van der Waals surface area contributed by atoms with E-state index >= 15 is 0 Å². The summed E-state index contributed by atoms with van der Waals surface area (Å²) in [6.07, 6.45) is 3.04. The van der Waals surface area contributed by atoms with Crippen molar-refractivity contribution in [2.75, 3.05) is 19.8 Å². The van der Waals surface area contributed by atoms with E-state index in [2.05, 4.69) is 0 Å². The van der Waals surface area contributed by atoms with Crippen molar-refractivity contribution in [3.05, 3.63) is 35.9 Å². The molecule has 1 spiro atoms. The molecule has 1 aromatic carbocycles. The minimum Gasteiger partial charge on any atom is -0.465 e. The summed E-state index contributed by atoms with van der Waals surface area (Å²) < 4.78 is 17.3. The smallest absolute Gasteiger partial charge is 0.317 e. The first-order chi connectivity index (χ1) is 10.2. The topological polar surface area (TPSA) is 44.8 Å². The van der Waals surface area contributed by atoms with E-state index in [0.29, 0.717) is 26.2 Å². The van der Waals surface area contributed by atoms with Crippen molar-refractivity contribution in [1.82, 2.24) is 0 Å². The fourth-order valence-electron chi connectivity index (χ4n) is 3.69. The van der Waals surface area contributed by atoms with Gasteiger partial charge in [-0.15, -0.1) is 0 Å². The molecule has 1 saturated heterocycles. The molecule has 1 aromatic rings. The Balaban J connectivity index is 1.97. The average Bonchev–Trinajstić information content (AvgIpc) is 3.11. The van der Waals surface area contributed by atoms with E-state index in [1.165, 1.54) is 0 Å². The van der Waals surface area contributed by atoms with Crippen LogP contribution in [0, 0.1) is 5.41 Å². The third kappa shape index (κ3) is 2.36. The zero-order valence-corrected chi connectivity index (χ0v) is 12.5. The predicted octanol–water partition coefficient (Wildman–Crippen LogP) is 2.71. The van der Waals surface area contributed by atoms with Gasteiger partial charge in [-0.05, 0) is 31.7 Å². The Morgan fingerprint density at radius 1 is 1.19 bits per heavy atom. The standard InChI is InChI=1S/C17H22O4/c1-2-19-15(18)16(13-14-7-4-3-5-8-14)9-6-10-17(16)20-11-12-21-17/h3-5,7-8H,2,6,9-13H2,1H3/t16-/m1/s1. The zero-order valence-electron chi connectivity index (χ0n) is 12.5. The molecule has 4 heteroatoms. The van der Waals surface area contributed by atoms with Crippen LogP contribution in [0.3, 0.4) is 0 Å². The van der Waals surface area contributed by atoms with Crippen LogP contribution in [0.4, 0.5) is 0 Å². The van der Waals surface area contributed by atoms with Gasteiger partial charge in [0.25, 0.3) is 0 Å². The maximum atomic E-state index is 12.8. The van der Waals surface area contributed by atoms with Crippen molar-refractivity contribution < 1.29 is 19.0 Å². The maximum absolute atomic E-state index is 12.8. The highest BCUT2D eigenvalue weighted by Crippen LogP contribution is 2.54. The Labute approximate surface area is 125 Å². The van der Waals surface area contributed by atoms with Crippen LogP contribution in [0.25, 0.3) is 0 Å². The normalized spacial score (nSPS) is 27.1. The van der Waals surface area contributed by atoms with Gasteiger partial charge in [0.05, 0.1) is 19.8 Å². The van der Waals surface area contributed by atoms with Gasteiger partial charge in [0.2, 0.25) is 0 Å². The van der Waals surface area contributed by atoms with Crippen molar-refractivity contribution in [2.45, 2.75) is 38.4 Å². The third-order valence-electron chi connectivity index (χ3n) is 4.61. The van der Waals surface area contributed by atoms with E-state index in [0.717, 1.165) is 24.8 Å². The molecule has 1 aliphatic carbocycles. The van der Waals surface area contributed by atoms with E-state index in [1.807, 2.05) is 37.3 Å². The lowest BCUT2D eigenvalue weighted by molar-refractivity contribution is -0.231. The Bertz CT molecular complexity index is 487. The largest absolute Gasteiger partial charge is 0.465 e. The Morgan fingerprint density at radius 3 is 2.57 bits per heavy atom. The Morgan fingerprint density at radius 2 is 1.90 bits per heavy atom. The van der Waals surface area contributed by atoms with E-state index < -0.39 is 11.2 Å². The molecular weight excluding hydrogens is 268 g/mol. The third-order valence-corrected chi connectivity index (χ3v) is 4.61. The molecule has 3 rings (SSSR count). The molecule has 0 unspecified atom stereocenters. The van der Waals surface area contributed by atoms with Gasteiger partial charge in [-0.2, -0.15) is 0 Å². The lowest BCUT2D eigenvalue weighted by Crippen LogP contribution is -2.52. The molecule has 0 radical (unpaired) electrons. The van der Waals surface area contributed by atoms with Crippen LogP contribution in [-0.2, 0) is 25.4 Å². The van der Waals surface area contributed by atoms with Gasteiger partial charge in [0.15, 0.2) is 5.79 Å². The van der Waals surface area contributed by atoms with Gasteiger partial charge in [-0.25, -0.2) is 0 Å².